The van der Waals surface area contributed by atoms with Crippen LogP contribution in [0.5, 0.6) is 0 Å². The molecular weight excluding hydrogens is 293 g/mol. The molecule has 11 heteroatoms. The van der Waals surface area contributed by atoms with Crippen molar-refractivity contribution in [1.82, 2.24) is 24.6 Å². The zero-order valence-electron chi connectivity index (χ0n) is 11.5. The first-order valence-corrected chi connectivity index (χ1v) is 5.78. The van der Waals surface area contributed by atoms with Crippen LogP contribution in [0.4, 0.5) is 19.1 Å². The fourth-order valence-corrected chi connectivity index (χ4v) is 1.38. The minimum Gasteiger partial charge on any atom is -0.367 e. The molecule has 1 rings (SSSR count). The van der Waals surface area contributed by atoms with Crippen molar-refractivity contribution < 1.29 is 22.8 Å². The molecule has 1 aromatic rings. The maximum Gasteiger partial charge on any atom is 0.406 e. The van der Waals surface area contributed by atoms with Gasteiger partial charge in [0.15, 0.2) is 0 Å². The van der Waals surface area contributed by atoms with Gasteiger partial charge in [0.2, 0.25) is 17.8 Å². The van der Waals surface area contributed by atoms with Gasteiger partial charge in [-0.05, 0) is 0 Å². The van der Waals surface area contributed by atoms with Crippen molar-refractivity contribution in [1.29, 1.82) is 0 Å². The third-order valence-electron chi connectivity index (χ3n) is 2.40. The van der Waals surface area contributed by atoms with Gasteiger partial charge in [-0.1, -0.05) is 0 Å². The molecule has 2 amide bonds. The van der Waals surface area contributed by atoms with Crippen molar-refractivity contribution in [3.05, 3.63) is 6.33 Å². The zero-order valence-corrected chi connectivity index (χ0v) is 11.5. The lowest BCUT2D eigenvalue weighted by molar-refractivity contribution is -0.164. The minimum atomic E-state index is -4.61. The first-order chi connectivity index (χ1) is 9.58. The number of hydrogen-bond donors (Lipinski definition) is 1. The summed E-state index contributed by atoms with van der Waals surface area (Å²) in [6, 6.07) is 0. The standard InChI is InChI=1S/C10H15F3N6O2/c1-17(2)7(20)3-18(5-10(11,12)13)8(21)4-19-6-15-9(14)16-19/h6H,3-5H2,1-2H3,(H2,14,16). The van der Waals surface area contributed by atoms with Crippen molar-refractivity contribution in [3.63, 3.8) is 0 Å². The number of rotatable bonds is 5. The van der Waals surface area contributed by atoms with E-state index in [1.165, 1.54) is 14.1 Å². The second-order valence-electron chi connectivity index (χ2n) is 4.45. The summed E-state index contributed by atoms with van der Waals surface area (Å²) in [6.07, 6.45) is -3.49. The predicted octanol–water partition coefficient (Wildman–Crippen LogP) is -0.661. The Bertz CT molecular complexity index is 513. The van der Waals surface area contributed by atoms with E-state index in [-0.39, 0.29) is 5.95 Å². The van der Waals surface area contributed by atoms with Gasteiger partial charge in [0.1, 0.15) is 26.0 Å². The molecule has 0 unspecified atom stereocenters. The number of nitrogen functional groups attached to an aromatic ring is 1. The monoisotopic (exact) mass is 308 g/mol. The summed E-state index contributed by atoms with van der Waals surface area (Å²) in [4.78, 5) is 28.5. The van der Waals surface area contributed by atoms with Gasteiger partial charge >= 0.3 is 6.18 Å². The summed E-state index contributed by atoms with van der Waals surface area (Å²) in [7, 11) is 2.77. The van der Waals surface area contributed by atoms with Gasteiger partial charge in [0.05, 0.1) is 0 Å². The van der Waals surface area contributed by atoms with Gasteiger partial charge in [0, 0.05) is 14.1 Å². The van der Waals surface area contributed by atoms with E-state index in [2.05, 4.69) is 10.1 Å². The van der Waals surface area contributed by atoms with E-state index >= 15 is 0 Å². The van der Waals surface area contributed by atoms with Crippen molar-refractivity contribution >= 4 is 17.8 Å². The molecule has 0 fully saturated rings. The first kappa shape index (κ1) is 16.7. The Balaban J connectivity index is 2.79. The lowest BCUT2D eigenvalue weighted by Crippen LogP contribution is -2.46. The van der Waals surface area contributed by atoms with Crippen LogP contribution >= 0.6 is 0 Å². The number of likely N-dealkylation sites (N-methyl/N-ethyl adjacent to an activating group) is 1. The van der Waals surface area contributed by atoms with Gasteiger partial charge in [-0.15, -0.1) is 5.10 Å². The highest BCUT2D eigenvalue weighted by Gasteiger charge is 2.34. The molecule has 8 nitrogen and oxygen atoms in total. The molecule has 0 atom stereocenters. The van der Waals surface area contributed by atoms with E-state index in [0.29, 0.717) is 4.90 Å². The highest BCUT2D eigenvalue weighted by molar-refractivity contribution is 5.84. The molecule has 1 aromatic heterocycles. The third-order valence-corrected chi connectivity index (χ3v) is 2.40. The average molecular weight is 308 g/mol. The van der Waals surface area contributed by atoms with Crippen molar-refractivity contribution in [3.8, 4) is 0 Å². The molecule has 0 saturated carbocycles. The number of carbonyl (C=O) groups excluding carboxylic acids is 2. The number of nitrogens with two attached hydrogens (primary N) is 1. The lowest BCUT2D eigenvalue weighted by atomic mass is 10.4. The summed E-state index contributed by atoms with van der Waals surface area (Å²) >= 11 is 0. The number of alkyl halides is 3. The van der Waals surface area contributed by atoms with E-state index < -0.39 is 37.6 Å². The third kappa shape index (κ3) is 5.67. The van der Waals surface area contributed by atoms with Crippen LogP contribution in [0, 0.1) is 0 Å². The minimum absolute atomic E-state index is 0.102. The maximum absolute atomic E-state index is 12.5. The van der Waals surface area contributed by atoms with Crippen LogP contribution in [-0.2, 0) is 16.1 Å². The molecule has 1 heterocycles. The average Bonchev–Trinajstić information content (AvgIpc) is 2.71. The number of nitrogens with zero attached hydrogens (tertiary/aromatic N) is 5. The molecule has 0 aliphatic rings. The molecule has 0 spiro atoms. The largest absolute Gasteiger partial charge is 0.406 e. The Morgan fingerprint density at radius 3 is 2.38 bits per heavy atom. The molecule has 21 heavy (non-hydrogen) atoms. The van der Waals surface area contributed by atoms with Gasteiger partial charge < -0.3 is 15.5 Å². The predicted molar refractivity (Wildman–Crippen MR) is 65.8 cm³/mol. The highest BCUT2D eigenvalue weighted by atomic mass is 19.4. The summed E-state index contributed by atoms with van der Waals surface area (Å²) < 4.78 is 38.5. The molecule has 0 saturated heterocycles. The van der Waals surface area contributed by atoms with Crippen LogP contribution in [0.2, 0.25) is 0 Å². The van der Waals surface area contributed by atoms with E-state index in [9.17, 15) is 22.8 Å². The second kappa shape index (κ2) is 6.41. The number of carbonyl (C=O) groups is 2. The fraction of sp³-hybridized carbons (Fsp3) is 0.600. The Morgan fingerprint density at radius 1 is 1.33 bits per heavy atom. The van der Waals surface area contributed by atoms with Crippen LogP contribution in [0.1, 0.15) is 0 Å². The number of anilines is 1. The summed E-state index contributed by atoms with van der Waals surface area (Å²) in [6.45, 7) is -2.67. The first-order valence-electron chi connectivity index (χ1n) is 5.78. The molecule has 2 N–H and O–H groups in total. The van der Waals surface area contributed by atoms with Crippen LogP contribution in [0.3, 0.4) is 0 Å². The normalized spacial score (nSPS) is 11.3. The number of amides is 2. The van der Waals surface area contributed by atoms with Crippen LogP contribution < -0.4 is 5.73 Å². The zero-order chi connectivity index (χ0) is 16.2. The summed E-state index contributed by atoms with van der Waals surface area (Å²) in [5.41, 5.74) is 5.24. The van der Waals surface area contributed by atoms with E-state index in [1.54, 1.807) is 0 Å². The Morgan fingerprint density at radius 2 is 1.95 bits per heavy atom. The van der Waals surface area contributed by atoms with Crippen molar-refractivity contribution in [2.24, 2.45) is 0 Å². The van der Waals surface area contributed by atoms with Crippen LogP contribution in [0.25, 0.3) is 0 Å². The van der Waals surface area contributed by atoms with Crippen LogP contribution in [0.15, 0.2) is 6.33 Å². The quantitative estimate of drug-likeness (QED) is 0.779. The Kier molecular flexibility index (Phi) is 5.11. The van der Waals surface area contributed by atoms with Gasteiger partial charge in [-0.2, -0.15) is 13.2 Å². The Labute approximate surface area is 118 Å². The van der Waals surface area contributed by atoms with Gasteiger partial charge in [-0.3, -0.25) is 9.59 Å². The lowest BCUT2D eigenvalue weighted by Gasteiger charge is -2.24. The van der Waals surface area contributed by atoms with E-state index in [0.717, 1.165) is 15.9 Å². The topological polar surface area (TPSA) is 97.4 Å². The Hall–Kier alpha value is -2.33. The highest BCUT2D eigenvalue weighted by Crippen LogP contribution is 2.16. The van der Waals surface area contributed by atoms with Crippen molar-refractivity contribution in [2.75, 3.05) is 32.9 Å². The van der Waals surface area contributed by atoms with Crippen molar-refractivity contribution in [2.45, 2.75) is 12.7 Å². The molecule has 118 valence electrons. The molecule has 0 bridgehead atoms. The summed E-state index contributed by atoms with van der Waals surface area (Å²) in [5.74, 6) is -1.63. The number of aromatic nitrogens is 3. The van der Waals surface area contributed by atoms with E-state index in [1.807, 2.05) is 0 Å². The molecule has 0 aromatic carbocycles. The SMILES string of the molecule is CN(C)C(=O)CN(CC(F)(F)F)C(=O)Cn1cnc(N)n1. The summed E-state index contributed by atoms with van der Waals surface area (Å²) in [5, 5.41) is 3.60. The van der Waals surface area contributed by atoms with Crippen LogP contribution in [-0.4, -0.2) is 69.7 Å². The maximum atomic E-state index is 12.5. The number of hydrogen-bond acceptors (Lipinski definition) is 5. The second-order valence-corrected chi connectivity index (χ2v) is 4.45. The molecular formula is C10H15F3N6O2. The number of halogens is 3. The van der Waals surface area contributed by atoms with Gasteiger partial charge in [-0.25, -0.2) is 9.67 Å². The molecule has 0 radical (unpaired) electrons. The fourth-order valence-electron chi connectivity index (χ4n) is 1.38. The molecule has 0 aliphatic heterocycles. The smallest absolute Gasteiger partial charge is 0.367 e. The van der Waals surface area contributed by atoms with E-state index in [4.69, 9.17) is 5.73 Å². The molecule has 0 aliphatic carbocycles. The van der Waals surface area contributed by atoms with Gasteiger partial charge in [0.25, 0.3) is 0 Å².